The van der Waals surface area contributed by atoms with E-state index in [1.165, 1.54) is 19.1 Å². The number of likely N-dealkylation sites (tertiary alicyclic amines) is 1. The second kappa shape index (κ2) is 9.27. The summed E-state index contributed by atoms with van der Waals surface area (Å²) in [5, 5.41) is 11.6. The first-order valence-corrected chi connectivity index (χ1v) is 11.7. The van der Waals surface area contributed by atoms with Crippen LogP contribution in [-0.4, -0.2) is 36.2 Å². The molecule has 0 aromatic heterocycles. The van der Waals surface area contributed by atoms with E-state index >= 15 is 0 Å². The highest BCUT2D eigenvalue weighted by Gasteiger charge is 2.31. The number of phenols is 1. The SMILES string of the molecule is COC(=O)c1ccc(C(c2cc(C(C)(C)C)cc(C(C)(C)C)c2O)N2CCCCC2)cc1. The van der Waals surface area contributed by atoms with Gasteiger partial charge in [-0.15, -0.1) is 0 Å². The molecule has 0 spiro atoms. The van der Waals surface area contributed by atoms with Crippen LogP contribution in [0, 0.1) is 0 Å². The third-order valence-corrected chi connectivity index (χ3v) is 6.51. The number of esters is 1. The van der Waals surface area contributed by atoms with E-state index in [-0.39, 0.29) is 22.8 Å². The van der Waals surface area contributed by atoms with Crippen LogP contribution in [0.2, 0.25) is 0 Å². The number of rotatable bonds is 4. The van der Waals surface area contributed by atoms with Crippen LogP contribution in [0.25, 0.3) is 0 Å². The van der Waals surface area contributed by atoms with E-state index in [2.05, 4.69) is 58.6 Å². The smallest absolute Gasteiger partial charge is 0.337 e. The molecule has 1 saturated heterocycles. The molecular formula is C28H39NO3. The maximum Gasteiger partial charge on any atom is 0.337 e. The summed E-state index contributed by atoms with van der Waals surface area (Å²) in [6, 6.07) is 12.0. The number of hydrogen-bond acceptors (Lipinski definition) is 4. The first kappa shape index (κ1) is 24.3. The van der Waals surface area contributed by atoms with Gasteiger partial charge < -0.3 is 9.84 Å². The summed E-state index contributed by atoms with van der Waals surface area (Å²) in [6.45, 7) is 15.1. The zero-order chi connectivity index (χ0) is 23.7. The van der Waals surface area contributed by atoms with Crippen molar-refractivity contribution in [2.24, 2.45) is 0 Å². The Kier molecular flexibility index (Phi) is 7.04. The highest BCUT2D eigenvalue weighted by atomic mass is 16.5. The van der Waals surface area contributed by atoms with Crippen LogP contribution >= 0.6 is 0 Å². The minimum atomic E-state index is -0.335. The monoisotopic (exact) mass is 437 g/mol. The first-order chi connectivity index (χ1) is 14.9. The predicted octanol–water partition coefficient (Wildman–Crippen LogP) is 6.35. The van der Waals surface area contributed by atoms with E-state index in [0.717, 1.165) is 42.6 Å². The molecule has 1 aliphatic rings. The quantitative estimate of drug-likeness (QED) is 0.566. The van der Waals surface area contributed by atoms with Crippen molar-refractivity contribution < 1.29 is 14.6 Å². The Morgan fingerprint density at radius 3 is 2.03 bits per heavy atom. The maximum atomic E-state index is 12.0. The fourth-order valence-corrected chi connectivity index (χ4v) is 4.55. The topological polar surface area (TPSA) is 49.8 Å². The third kappa shape index (κ3) is 5.17. The molecule has 1 atom stereocenters. The van der Waals surface area contributed by atoms with Crippen LogP contribution in [-0.2, 0) is 15.6 Å². The zero-order valence-corrected chi connectivity index (χ0v) is 20.8. The Bertz CT molecular complexity index is 942. The fourth-order valence-electron chi connectivity index (χ4n) is 4.55. The van der Waals surface area contributed by atoms with Gasteiger partial charge in [0.2, 0.25) is 0 Å². The lowest BCUT2D eigenvalue weighted by Crippen LogP contribution is -2.35. The van der Waals surface area contributed by atoms with Crippen molar-refractivity contribution in [3.05, 3.63) is 64.2 Å². The molecular weight excluding hydrogens is 398 g/mol. The number of piperidine rings is 1. The summed E-state index contributed by atoms with van der Waals surface area (Å²) in [7, 11) is 1.40. The summed E-state index contributed by atoms with van der Waals surface area (Å²) in [6.07, 6.45) is 3.55. The minimum absolute atomic E-state index is 0.0381. The molecule has 0 radical (unpaired) electrons. The van der Waals surface area contributed by atoms with Gasteiger partial charge in [0.05, 0.1) is 18.7 Å². The highest BCUT2D eigenvalue weighted by molar-refractivity contribution is 5.89. The van der Waals surface area contributed by atoms with Gasteiger partial charge >= 0.3 is 5.97 Å². The lowest BCUT2D eigenvalue weighted by Gasteiger charge is -2.37. The number of aromatic hydroxyl groups is 1. The van der Waals surface area contributed by atoms with Crippen molar-refractivity contribution in [3.8, 4) is 5.75 Å². The van der Waals surface area contributed by atoms with Gasteiger partial charge in [-0.1, -0.05) is 66.2 Å². The van der Waals surface area contributed by atoms with E-state index in [9.17, 15) is 9.90 Å². The fraction of sp³-hybridized carbons (Fsp3) is 0.536. The van der Waals surface area contributed by atoms with Crippen molar-refractivity contribution in [2.45, 2.75) is 77.7 Å². The molecule has 32 heavy (non-hydrogen) atoms. The van der Waals surface area contributed by atoms with E-state index in [4.69, 9.17) is 4.74 Å². The molecule has 4 heteroatoms. The molecule has 0 aliphatic carbocycles. The van der Waals surface area contributed by atoms with Gasteiger partial charge in [-0.2, -0.15) is 0 Å². The molecule has 1 heterocycles. The molecule has 2 aromatic rings. The number of hydrogen-bond donors (Lipinski definition) is 1. The standard InChI is InChI=1S/C28H39NO3/c1-27(2,3)21-17-22(25(30)23(18-21)28(4,5)6)24(29-15-9-8-10-16-29)19-11-13-20(14-12-19)26(31)32-7/h11-14,17-18,24,30H,8-10,15-16H2,1-7H3. The van der Waals surface area contributed by atoms with E-state index in [1.54, 1.807) is 0 Å². The van der Waals surface area contributed by atoms with Crippen LogP contribution in [0.5, 0.6) is 5.75 Å². The van der Waals surface area contributed by atoms with Crippen molar-refractivity contribution >= 4 is 5.97 Å². The van der Waals surface area contributed by atoms with Gasteiger partial charge in [0, 0.05) is 5.56 Å². The van der Waals surface area contributed by atoms with E-state index in [1.807, 2.05) is 24.3 Å². The van der Waals surface area contributed by atoms with Gasteiger partial charge in [0.1, 0.15) is 5.75 Å². The molecule has 1 fully saturated rings. The zero-order valence-electron chi connectivity index (χ0n) is 20.8. The van der Waals surface area contributed by atoms with Gasteiger partial charge in [0.25, 0.3) is 0 Å². The summed E-state index contributed by atoms with van der Waals surface area (Å²) in [5.74, 6) is 0.0526. The summed E-state index contributed by atoms with van der Waals surface area (Å²) < 4.78 is 4.87. The summed E-state index contributed by atoms with van der Waals surface area (Å²) in [4.78, 5) is 14.4. The van der Waals surface area contributed by atoms with Crippen molar-refractivity contribution in [1.29, 1.82) is 0 Å². The van der Waals surface area contributed by atoms with Gasteiger partial charge in [-0.25, -0.2) is 4.79 Å². The first-order valence-electron chi connectivity index (χ1n) is 11.7. The Balaban J connectivity index is 2.21. The van der Waals surface area contributed by atoms with Crippen molar-refractivity contribution in [3.63, 3.8) is 0 Å². The Morgan fingerprint density at radius 1 is 0.938 bits per heavy atom. The Labute approximate surface area is 193 Å². The molecule has 1 unspecified atom stereocenters. The summed E-state index contributed by atoms with van der Waals surface area (Å²) in [5.41, 5.74) is 4.56. The van der Waals surface area contributed by atoms with Crippen molar-refractivity contribution in [2.75, 3.05) is 20.2 Å². The Hall–Kier alpha value is -2.33. The van der Waals surface area contributed by atoms with Gasteiger partial charge in [-0.05, 0) is 71.7 Å². The molecule has 0 amide bonds. The molecule has 3 rings (SSSR count). The van der Waals surface area contributed by atoms with Crippen LogP contribution in [0.1, 0.15) is 99.5 Å². The average molecular weight is 438 g/mol. The largest absolute Gasteiger partial charge is 0.507 e. The molecule has 174 valence electrons. The molecule has 2 aromatic carbocycles. The number of methoxy groups -OCH3 is 1. The lowest BCUT2D eigenvalue weighted by molar-refractivity contribution is 0.0600. The molecule has 4 nitrogen and oxygen atoms in total. The molecule has 0 bridgehead atoms. The average Bonchev–Trinajstić information content (AvgIpc) is 2.74. The number of carbonyl (C=O) groups is 1. The van der Waals surface area contributed by atoms with Crippen LogP contribution in [0.15, 0.2) is 36.4 Å². The number of benzene rings is 2. The van der Waals surface area contributed by atoms with Crippen molar-refractivity contribution in [1.82, 2.24) is 4.90 Å². The number of carbonyl (C=O) groups excluding carboxylic acids is 1. The molecule has 0 saturated carbocycles. The Morgan fingerprint density at radius 2 is 1.53 bits per heavy atom. The van der Waals surface area contributed by atoms with Crippen LogP contribution in [0.3, 0.4) is 0 Å². The molecule has 1 N–H and O–H groups in total. The maximum absolute atomic E-state index is 12.0. The normalized spacial score (nSPS) is 16.6. The predicted molar refractivity (Wildman–Crippen MR) is 131 cm³/mol. The lowest BCUT2D eigenvalue weighted by atomic mass is 9.77. The third-order valence-electron chi connectivity index (χ3n) is 6.51. The van der Waals surface area contributed by atoms with Crippen LogP contribution < -0.4 is 0 Å². The number of nitrogens with zero attached hydrogens (tertiary/aromatic N) is 1. The second-order valence-electron chi connectivity index (χ2n) is 11.1. The van der Waals surface area contributed by atoms with E-state index in [0.29, 0.717) is 11.3 Å². The number of ether oxygens (including phenoxy) is 1. The number of phenolic OH excluding ortho intramolecular Hbond substituents is 1. The summed E-state index contributed by atoms with van der Waals surface area (Å²) >= 11 is 0. The van der Waals surface area contributed by atoms with Gasteiger partial charge in [-0.3, -0.25) is 4.90 Å². The minimum Gasteiger partial charge on any atom is -0.507 e. The molecule has 1 aliphatic heterocycles. The highest BCUT2D eigenvalue weighted by Crippen LogP contribution is 2.43. The van der Waals surface area contributed by atoms with Crippen LogP contribution in [0.4, 0.5) is 0 Å². The second-order valence-corrected chi connectivity index (χ2v) is 11.1. The van der Waals surface area contributed by atoms with Gasteiger partial charge in [0.15, 0.2) is 0 Å². The van der Waals surface area contributed by atoms with E-state index < -0.39 is 0 Å².